The molecule has 19 heavy (non-hydrogen) atoms. The second-order valence-electron chi connectivity index (χ2n) is 6.64. The van der Waals surface area contributed by atoms with E-state index in [1.165, 1.54) is 24.8 Å². The van der Waals surface area contributed by atoms with E-state index in [1.807, 2.05) is 0 Å². The molecule has 0 bridgehead atoms. The minimum Gasteiger partial charge on any atom is -0.390 e. The van der Waals surface area contributed by atoms with Crippen molar-refractivity contribution < 1.29 is 5.11 Å². The van der Waals surface area contributed by atoms with Crippen LogP contribution in [0.25, 0.3) is 0 Å². The number of aryl methyl sites for hydroxylation is 1. The fourth-order valence-electron chi connectivity index (χ4n) is 3.36. The summed E-state index contributed by atoms with van der Waals surface area (Å²) in [6.07, 6.45) is 7.58. The van der Waals surface area contributed by atoms with E-state index in [4.69, 9.17) is 0 Å². The molecule has 2 rings (SSSR count). The van der Waals surface area contributed by atoms with Gasteiger partial charge in [-0.2, -0.15) is 0 Å². The van der Waals surface area contributed by atoms with Crippen molar-refractivity contribution in [2.75, 3.05) is 0 Å². The Balaban J connectivity index is 1.88. The molecule has 0 amide bonds. The highest BCUT2D eigenvalue weighted by molar-refractivity contribution is 5.15. The topological polar surface area (TPSA) is 20.2 Å². The molecule has 1 aromatic rings. The van der Waals surface area contributed by atoms with Crippen LogP contribution in [0.2, 0.25) is 0 Å². The van der Waals surface area contributed by atoms with Crippen molar-refractivity contribution in [1.82, 2.24) is 0 Å². The highest BCUT2D eigenvalue weighted by Gasteiger charge is 2.31. The molecule has 1 fully saturated rings. The lowest BCUT2D eigenvalue weighted by Gasteiger charge is -2.27. The molecule has 1 heteroatoms. The van der Waals surface area contributed by atoms with E-state index >= 15 is 0 Å². The van der Waals surface area contributed by atoms with Gasteiger partial charge < -0.3 is 5.11 Å². The normalized spacial score (nSPS) is 28.3. The zero-order valence-corrected chi connectivity index (χ0v) is 12.4. The average Bonchev–Trinajstić information content (AvgIpc) is 2.61. The number of hydrogen-bond donors (Lipinski definition) is 1. The molecule has 1 N–H and O–H groups in total. The van der Waals surface area contributed by atoms with Crippen LogP contribution in [0.4, 0.5) is 0 Å². The Morgan fingerprint density at radius 2 is 1.89 bits per heavy atom. The van der Waals surface area contributed by atoms with Gasteiger partial charge in [-0.3, -0.25) is 0 Å². The first kappa shape index (κ1) is 14.6. The molecule has 1 aliphatic rings. The quantitative estimate of drug-likeness (QED) is 0.785. The molecule has 0 aromatic heterocycles. The van der Waals surface area contributed by atoms with Crippen LogP contribution < -0.4 is 0 Å². The zero-order valence-electron chi connectivity index (χ0n) is 12.4. The fraction of sp³-hybridized carbons (Fsp3) is 0.667. The van der Waals surface area contributed by atoms with Gasteiger partial charge in [-0.25, -0.2) is 0 Å². The molecular formula is C18H28O. The summed E-state index contributed by atoms with van der Waals surface area (Å²) in [6, 6.07) is 10.5. The second kappa shape index (κ2) is 6.56. The Kier molecular flexibility index (Phi) is 5.04. The Labute approximate surface area is 118 Å². The molecule has 1 aromatic carbocycles. The predicted molar refractivity (Wildman–Crippen MR) is 81.1 cm³/mol. The van der Waals surface area contributed by atoms with Gasteiger partial charge in [0.15, 0.2) is 0 Å². The Hall–Kier alpha value is -0.820. The third-order valence-corrected chi connectivity index (χ3v) is 4.86. The summed E-state index contributed by atoms with van der Waals surface area (Å²) in [5.41, 5.74) is 0.931. The number of rotatable bonds is 4. The molecule has 0 aliphatic heterocycles. The lowest BCUT2D eigenvalue weighted by Crippen LogP contribution is -2.28. The van der Waals surface area contributed by atoms with Gasteiger partial charge in [0, 0.05) is 0 Å². The SMILES string of the molecule is CC(C)C1CCCC(O)(CCc2ccccc2)CC1. The van der Waals surface area contributed by atoms with Crippen LogP contribution >= 0.6 is 0 Å². The fourth-order valence-corrected chi connectivity index (χ4v) is 3.36. The van der Waals surface area contributed by atoms with Crippen molar-refractivity contribution in [2.24, 2.45) is 11.8 Å². The van der Waals surface area contributed by atoms with E-state index in [1.54, 1.807) is 0 Å². The molecule has 2 atom stereocenters. The largest absolute Gasteiger partial charge is 0.390 e. The van der Waals surface area contributed by atoms with Gasteiger partial charge in [0.2, 0.25) is 0 Å². The number of hydrogen-bond acceptors (Lipinski definition) is 1. The van der Waals surface area contributed by atoms with Crippen molar-refractivity contribution in [3.63, 3.8) is 0 Å². The third kappa shape index (κ3) is 4.35. The summed E-state index contributed by atoms with van der Waals surface area (Å²) in [5.74, 6) is 1.57. The first-order chi connectivity index (χ1) is 9.09. The minimum absolute atomic E-state index is 0.417. The van der Waals surface area contributed by atoms with E-state index in [9.17, 15) is 5.11 Å². The molecule has 1 aliphatic carbocycles. The maximum absolute atomic E-state index is 10.8. The summed E-state index contributed by atoms with van der Waals surface area (Å²) >= 11 is 0. The van der Waals surface area contributed by atoms with Crippen LogP contribution in [-0.4, -0.2) is 10.7 Å². The molecule has 1 nitrogen and oxygen atoms in total. The van der Waals surface area contributed by atoms with Gasteiger partial charge in [-0.05, 0) is 49.5 Å². The summed E-state index contributed by atoms with van der Waals surface area (Å²) in [7, 11) is 0. The van der Waals surface area contributed by atoms with Crippen LogP contribution in [-0.2, 0) is 6.42 Å². The van der Waals surface area contributed by atoms with Crippen molar-refractivity contribution >= 4 is 0 Å². The Morgan fingerprint density at radius 3 is 2.58 bits per heavy atom. The smallest absolute Gasteiger partial charge is 0.0651 e. The maximum atomic E-state index is 10.8. The van der Waals surface area contributed by atoms with Gasteiger partial charge >= 0.3 is 0 Å². The summed E-state index contributed by atoms with van der Waals surface area (Å²) in [6.45, 7) is 4.64. The minimum atomic E-state index is -0.417. The van der Waals surface area contributed by atoms with E-state index < -0.39 is 5.60 Å². The average molecular weight is 260 g/mol. The van der Waals surface area contributed by atoms with E-state index in [0.717, 1.165) is 37.5 Å². The molecule has 106 valence electrons. The lowest BCUT2D eigenvalue weighted by atomic mass is 9.85. The maximum Gasteiger partial charge on any atom is 0.0651 e. The van der Waals surface area contributed by atoms with E-state index in [0.29, 0.717) is 0 Å². The van der Waals surface area contributed by atoms with Crippen molar-refractivity contribution in [3.05, 3.63) is 35.9 Å². The predicted octanol–water partition coefficient (Wildman–Crippen LogP) is 4.59. The molecule has 0 saturated heterocycles. The first-order valence-electron chi connectivity index (χ1n) is 7.85. The van der Waals surface area contributed by atoms with Crippen LogP contribution in [0.5, 0.6) is 0 Å². The number of benzene rings is 1. The molecule has 1 saturated carbocycles. The standard InChI is InChI=1S/C18H28O/c1-15(2)17-9-6-12-18(19,14-11-17)13-10-16-7-4-3-5-8-16/h3-5,7-8,15,17,19H,6,9-14H2,1-2H3. The second-order valence-corrected chi connectivity index (χ2v) is 6.64. The molecule has 0 radical (unpaired) electrons. The summed E-state index contributed by atoms with van der Waals surface area (Å²) in [5, 5.41) is 10.8. The third-order valence-electron chi connectivity index (χ3n) is 4.86. The van der Waals surface area contributed by atoms with Gasteiger partial charge in [-0.1, -0.05) is 57.0 Å². The van der Waals surface area contributed by atoms with Gasteiger partial charge in [0.05, 0.1) is 5.60 Å². The van der Waals surface area contributed by atoms with Crippen molar-refractivity contribution in [3.8, 4) is 0 Å². The Bertz CT molecular complexity index is 371. The monoisotopic (exact) mass is 260 g/mol. The zero-order chi connectivity index (χ0) is 13.7. The number of aliphatic hydroxyl groups is 1. The van der Waals surface area contributed by atoms with Crippen LogP contribution in [0.15, 0.2) is 30.3 Å². The highest BCUT2D eigenvalue weighted by atomic mass is 16.3. The van der Waals surface area contributed by atoms with Gasteiger partial charge in [0.25, 0.3) is 0 Å². The highest BCUT2D eigenvalue weighted by Crippen LogP contribution is 2.36. The molecule has 0 spiro atoms. The van der Waals surface area contributed by atoms with Crippen molar-refractivity contribution in [2.45, 2.75) is 64.4 Å². The van der Waals surface area contributed by atoms with Gasteiger partial charge in [0.1, 0.15) is 0 Å². The van der Waals surface area contributed by atoms with Crippen molar-refractivity contribution in [1.29, 1.82) is 0 Å². The van der Waals surface area contributed by atoms with Crippen LogP contribution in [0, 0.1) is 11.8 Å². The Morgan fingerprint density at radius 1 is 1.16 bits per heavy atom. The first-order valence-corrected chi connectivity index (χ1v) is 7.85. The van der Waals surface area contributed by atoms with Crippen LogP contribution in [0.3, 0.4) is 0 Å². The van der Waals surface area contributed by atoms with E-state index in [-0.39, 0.29) is 0 Å². The molecule has 0 heterocycles. The summed E-state index contributed by atoms with van der Waals surface area (Å²) < 4.78 is 0. The molecule has 2 unspecified atom stereocenters. The summed E-state index contributed by atoms with van der Waals surface area (Å²) in [4.78, 5) is 0. The van der Waals surface area contributed by atoms with Crippen LogP contribution in [0.1, 0.15) is 57.9 Å². The lowest BCUT2D eigenvalue weighted by molar-refractivity contribution is 0.0152. The molecular weight excluding hydrogens is 232 g/mol. The van der Waals surface area contributed by atoms with E-state index in [2.05, 4.69) is 44.2 Å². The van der Waals surface area contributed by atoms with Gasteiger partial charge in [-0.15, -0.1) is 0 Å².